The van der Waals surface area contributed by atoms with Crippen molar-refractivity contribution < 1.29 is 4.43 Å². The first kappa shape index (κ1) is 8.14. The molecule has 0 amide bonds. The summed E-state index contributed by atoms with van der Waals surface area (Å²) in [6.07, 6.45) is 0.298. The fourth-order valence-corrected chi connectivity index (χ4v) is 1.60. The molecule has 0 bridgehead atoms. The third-order valence-electron chi connectivity index (χ3n) is 0.727. The van der Waals surface area contributed by atoms with E-state index in [1.807, 2.05) is 6.92 Å². The highest BCUT2D eigenvalue weighted by molar-refractivity contribution is 9.24. The summed E-state index contributed by atoms with van der Waals surface area (Å²) in [6.45, 7) is 2.02. The number of rotatable bonds is 2. The van der Waals surface area contributed by atoms with Gasteiger partial charge in [0.1, 0.15) is 10.5 Å². The normalized spacial score (nSPS) is 15.4. The van der Waals surface area contributed by atoms with E-state index in [4.69, 9.17) is 4.43 Å². The van der Waals surface area contributed by atoms with E-state index >= 15 is 0 Å². The minimum Gasteiger partial charge on any atom is -0.423 e. The van der Waals surface area contributed by atoms with Gasteiger partial charge in [-0.3, -0.25) is 0 Å². The van der Waals surface area contributed by atoms with Gasteiger partial charge in [0.2, 0.25) is 0 Å². The Labute approximate surface area is 63.6 Å². The standard InChI is InChI=1S/C3H8Br2OSi/c1-2(6-7)3(4)5/h2-3H,1,7H3. The Morgan fingerprint density at radius 3 is 2.00 bits per heavy atom. The highest BCUT2D eigenvalue weighted by atomic mass is 79.9. The summed E-state index contributed by atoms with van der Waals surface area (Å²) in [5.41, 5.74) is 0. The van der Waals surface area contributed by atoms with Crippen LogP contribution in [0.2, 0.25) is 0 Å². The average molecular weight is 248 g/mol. The van der Waals surface area contributed by atoms with Gasteiger partial charge in [-0.15, -0.1) is 0 Å². The van der Waals surface area contributed by atoms with E-state index in [1.54, 1.807) is 0 Å². The first-order valence-corrected chi connectivity index (χ1v) is 4.64. The van der Waals surface area contributed by atoms with Crippen LogP contribution in [0.15, 0.2) is 0 Å². The maximum Gasteiger partial charge on any atom is 0.146 e. The van der Waals surface area contributed by atoms with Crippen molar-refractivity contribution in [2.45, 2.75) is 16.8 Å². The van der Waals surface area contributed by atoms with Crippen molar-refractivity contribution in [2.75, 3.05) is 0 Å². The molecule has 1 unspecified atom stereocenters. The van der Waals surface area contributed by atoms with Crippen molar-refractivity contribution in [2.24, 2.45) is 0 Å². The van der Waals surface area contributed by atoms with Crippen molar-refractivity contribution >= 4 is 42.3 Å². The van der Waals surface area contributed by atoms with Crippen LogP contribution in [-0.2, 0) is 4.43 Å². The summed E-state index contributed by atoms with van der Waals surface area (Å²) >= 11 is 6.63. The third-order valence-corrected chi connectivity index (χ3v) is 2.96. The van der Waals surface area contributed by atoms with Crippen LogP contribution in [0, 0.1) is 0 Å². The summed E-state index contributed by atoms with van der Waals surface area (Å²) < 4.78 is 5.36. The van der Waals surface area contributed by atoms with Crippen molar-refractivity contribution in [3.05, 3.63) is 0 Å². The van der Waals surface area contributed by atoms with Gasteiger partial charge in [0.15, 0.2) is 0 Å². The Hall–Kier alpha value is 1.14. The van der Waals surface area contributed by atoms with Gasteiger partial charge in [0.25, 0.3) is 0 Å². The predicted molar refractivity (Wildman–Crippen MR) is 42.1 cm³/mol. The van der Waals surface area contributed by atoms with Crippen molar-refractivity contribution in [1.82, 2.24) is 0 Å². The lowest BCUT2D eigenvalue weighted by molar-refractivity contribution is 0.267. The first-order valence-electron chi connectivity index (χ1n) is 1.99. The molecule has 7 heavy (non-hydrogen) atoms. The summed E-state index contributed by atoms with van der Waals surface area (Å²) in [5.74, 6) is 0. The molecule has 0 fully saturated rings. The SMILES string of the molecule is CC(O[SiH3])C(Br)Br. The first-order chi connectivity index (χ1) is 3.18. The molecule has 0 saturated heterocycles. The van der Waals surface area contributed by atoms with E-state index in [0.29, 0.717) is 9.84 Å². The maximum absolute atomic E-state index is 5.06. The number of alkyl halides is 2. The summed E-state index contributed by atoms with van der Waals surface area (Å²) in [7, 11) is 0.811. The Kier molecular flexibility index (Phi) is 4.72. The third kappa shape index (κ3) is 3.70. The highest BCUT2D eigenvalue weighted by Crippen LogP contribution is 2.13. The Bertz CT molecular complexity index is 50.2. The zero-order valence-corrected chi connectivity index (χ0v) is 9.49. The lowest BCUT2D eigenvalue weighted by Crippen LogP contribution is -2.12. The smallest absolute Gasteiger partial charge is 0.146 e. The Morgan fingerprint density at radius 1 is 1.57 bits per heavy atom. The van der Waals surface area contributed by atoms with Gasteiger partial charge in [-0.2, -0.15) is 0 Å². The summed E-state index contributed by atoms with van der Waals surface area (Å²) in [6, 6.07) is 0. The van der Waals surface area contributed by atoms with Gasteiger partial charge in [0.05, 0.1) is 9.84 Å². The van der Waals surface area contributed by atoms with Gasteiger partial charge in [0, 0.05) is 0 Å². The largest absolute Gasteiger partial charge is 0.423 e. The van der Waals surface area contributed by atoms with E-state index in [-0.39, 0.29) is 0 Å². The average Bonchev–Trinajstić information content (AvgIpc) is 1.65. The Morgan fingerprint density at radius 2 is 2.00 bits per heavy atom. The van der Waals surface area contributed by atoms with Gasteiger partial charge in [-0.25, -0.2) is 0 Å². The molecule has 44 valence electrons. The van der Waals surface area contributed by atoms with Crippen LogP contribution in [0.4, 0.5) is 0 Å². The lowest BCUT2D eigenvalue weighted by atomic mass is 10.5. The zero-order chi connectivity index (χ0) is 5.86. The van der Waals surface area contributed by atoms with E-state index in [2.05, 4.69) is 31.9 Å². The van der Waals surface area contributed by atoms with E-state index in [1.165, 1.54) is 0 Å². The molecule has 0 aromatic carbocycles. The van der Waals surface area contributed by atoms with E-state index in [9.17, 15) is 0 Å². The van der Waals surface area contributed by atoms with Crippen LogP contribution in [-0.4, -0.2) is 20.3 Å². The Balaban J connectivity index is 3.14. The lowest BCUT2D eigenvalue weighted by Gasteiger charge is -2.09. The molecule has 0 aliphatic heterocycles. The van der Waals surface area contributed by atoms with Gasteiger partial charge in [-0.1, -0.05) is 31.9 Å². The molecule has 0 N–H and O–H groups in total. The molecular formula is C3H8Br2OSi. The van der Waals surface area contributed by atoms with Crippen LogP contribution < -0.4 is 0 Å². The molecule has 1 nitrogen and oxygen atoms in total. The molecule has 0 aromatic heterocycles. The fourth-order valence-electron chi connectivity index (χ4n) is 0.103. The zero-order valence-electron chi connectivity index (χ0n) is 4.32. The van der Waals surface area contributed by atoms with Crippen LogP contribution in [0.5, 0.6) is 0 Å². The number of hydrogen-bond acceptors (Lipinski definition) is 1. The quantitative estimate of drug-likeness (QED) is 0.518. The van der Waals surface area contributed by atoms with Gasteiger partial charge >= 0.3 is 0 Å². The van der Waals surface area contributed by atoms with Crippen molar-refractivity contribution in [3.8, 4) is 0 Å². The van der Waals surface area contributed by atoms with Crippen molar-refractivity contribution in [3.63, 3.8) is 0 Å². The molecule has 1 atom stereocenters. The molecule has 0 spiro atoms. The minimum atomic E-state index is 0.298. The van der Waals surface area contributed by atoms with Crippen LogP contribution in [0.1, 0.15) is 6.92 Å². The monoisotopic (exact) mass is 246 g/mol. The molecule has 0 saturated carbocycles. The van der Waals surface area contributed by atoms with E-state index < -0.39 is 0 Å². The topological polar surface area (TPSA) is 9.23 Å². The highest BCUT2D eigenvalue weighted by Gasteiger charge is 2.05. The molecule has 0 radical (unpaired) electrons. The maximum atomic E-state index is 5.06. The molecule has 0 heterocycles. The van der Waals surface area contributed by atoms with Gasteiger partial charge in [-0.05, 0) is 6.92 Å². The minimum absolute atomic E-state index is 0.298. The second-order valence-electron chi connectivity index (χ2n) is 1.28. The predicted octanol–water partition coefficient (Wildman–Crippen LogP) is 0.788. The fraction of sp³-hybridized carbons (Fsp3) is 1.00. The molecule has 0 rings (SSSR count). The molecule has 0 aliphatic carbocycles. The molecule has 4 heteroatoms. The van der Waals surface area contributed by atoms with Crippen LogP contribution in [0.25, 0.3) is 0 Å². The second kappa shape index (κ2) is 4.06. The van der Waals surface area contributed by atoms with E-state index in [0.717, 1.165) is 10.5 Å². The summed E-state index contributed by atoms with van der Waals surface area (Å²) in [4.78, 5) is 0. The van der Waals surface area contributed by atoms with Crippen LogP contribution in [0.3, 0.4) is 0 Å². The molecule has 0 aromatic rings. The number of halogens is 2. The molecular weight excluding hydrogens is 240 g/mol. The van der Waals surface area contributed by atoms with Gasteiger partial charge < -0.3 is 4.43 Å². The summed E-state index contributed by atoms with van der Waals surface area (Å²) in [5, 5.41) is 0. The molecule has 0 aliphatic rings. The number of hydrogen-bond donors (Lipinski definition) is 0. The van der Waals surface area contributed by atoms with Crippen molar-refractivity contribution in [1.29, 1.82) is 0 Å². The second-order valence-corrected chi connectivity index (χ2v) is 4.95. The van der Waals surface area contributed by atoms with Crippen LogP contribution >= 0.6 is 31.9 Å².